The molecule has 0 saturated carbocycles. The third-order valence-electron chi connectivity index (χ3n) is 6.50. The molecule has 38 heavy (non-hydrogen) atoms. The highest BCUT2D eigenvalue weighted by Gasteiger charge is 2.48. The summed E-state index contributed by atoms with van der Waals surface area (Å²) in [6.45, 7) is 1.46. The maximum absolute atomic E-state index is 9.40. The molecule has 0 aliphatic carbocycles. The highest BCUT2D eigenvalue weighted by atomic mass is 16.6. The zero-order valence-electron chi connectivity index (χ0n) is 20.9. The number of nitrogens with zero attached hydrogens (tertiary/aromatic N) is 2. The Hall–Kier alpha value is -4.00. The predicted molar refractivity (Wildman–Crippen MR) is 141 cm³/mol. The molecule has 0 amide bonds. The number of hydrogen-bond donors (Lipinski definition) is 2. The monoisotopic (exact) mass is 510 g/mol. The number of nitrogens with two attached hydrogens (primary N) is 1. The van der Waals surface area contributed by atoms with Crippen molar-refractivity contribution < 1.29 is 18.9 Å². The molecular weight excluding hydrogens is 480 g/mol. The number of hydrogen-bond acceptors (Lipinski definition) is 7. The van der Waals surface area contributed by atoms with Gasteiger partial charge in [-0.15, -0.1) is 0 Å². The van der Waals surface area contributed by atoms with E-state index >= 15 is 0 Å². The number of anilines is 1. The summed E-state index contributed by atoms with van der Waals surface area (Å²) in [5, 5.41) is 16.4. The molecule has 1 aliphatic rings. The number of nitriles is 1. The van der Waals surface area contributed by atoms with E-state index in [4.69, 9.17) is 24.7 Å². The van der Waals surface area contributed by atoms with E-state index in [1.54, 1.807) is 0 Å². The Labute approximate surface area is 221 Å². The second-order valence-corrected chi connectivity index (χ2v) is 9.13. The maximum Gasteiger partial charge on any atom is 0.185 e. The van der Waals surface area contributed by atoms with Crippen LogP contribution in [0.25, 0.3) is 0 Å². The Bertz CT molecular complexity index is 1320. The minimum Gasteiger partial charge on any atom is -0.395 e. The minimum absolute atomic E-state index is 0.121. The van der Waals surface area contributed by atoms with E-state index in [1.165, 1.54) is 0 Å². The molecule has 0 radical (unpaired) electrons. The van der Waals surface area contributed by atoms with Crippen molar-refractivity contribution in [3.8, 4) is 6.07 Å². The lowest BCUT2D eigenvalue weighted by atomic mass is 10.0. The van der Waals surface area contributed by atoms with E-state index in [-0.39, 0.29) is 18.0 Å². The molecule has 1 saturated heterocycles. The Morgan fingerprint density at radius 1 is 0.789 bits per heavy atom. The summed E-state index contributed by atoms with van der Waals surface area (Å²) in [6.07, 6.45) is -2.06. The highest BCUT2D eigenvalue weighted by Crippen LogP contribution is 2.40. The number of rotatable bonds is 11. The summed E-state index contributed by atoms with van der Waals surface area (Å²) in [4.78, 5) is 0. The van der Waals surface area contributed by atoms with Gasteiger partial charge in [0.25, 0.3) is 0 Å². The largest absolute Gasteiger partial charge is 0.395 e. The normalized spacial score (nSPS) is 20.8. The Morgan fingerprint density at radius 3 is 1.84 bits per heavy atom. The smallest absolute Gasteiger partial charge is 0.185 e. The molecular formula is C30H30N4O4. The lowest BCUT2D eigenvalue weighted by Gasteiger charge is -2.25. The number of benzene rings is 3. The van der Waals surface area contributed by atoms with Crippen LogP contribution in [-0.4, -0.2) is 35.1 Å². The fourth-order valence-corrected chi connectivity index (χ4v) is 4.54. The molecule has 4 aromatic rings. The SMILES string of the molecule is N#Cc1n[nH]c([C@@H]2O[C@H](COCc3ccccc3)[C@@H](OCc3ccccc3)[C@H]2OCc2ccccc2)c1N. The van der Waals surface area contributed by atoms with E-state index in [0.29, 0.717) is 25.5 Å². The van der Waals surface area contributed by atoms with Crippen molar-refractivity contribution >= 4 is 5.69 Å². The van der Waals surface area contributed by atoms with Gasteiger partial charge >= 0.3 is 0 Å². The van der Waals surface area contributed by atoms with Crippen molar-refractivity contribution in [1.82, 2.24) is 10.2 Å². The van der Waals surface area contributed by atoms with Crippen molar-refractivity contribution in [2.45, 2.75) is 44.2 Å². The van der Waals surface area contributed by atoms with Crippen LogP contribution in [0.1, 0.15) is 34.2 Å². The average molecular weight is 511 g/mol. The second kappa shape index (κ2) is 12.5. The van der Waals surface area contributed by atoms with E-state index in [0.717, 1.165) is 16.7 Å². The summed E-state index contributed by atoms with van der Waals surface area (Å²) in [5.41, 5.74) is 10.3. The highest BCUT2D eigenvalue weighted by molar-refractivity contribution is 5.54. The zero-order chi connectivity index (χ0) is 26.2. The number of ether oxygens (including phenoxy) is 4. The quantitative estimate of drug-likeness (QED) is 0.301. The molecule has 3 aromatic carbocycles. The van der Waals surface area contributed by atoms with Crippen LogP contribution in [0.15, 0.2) is 91.0 Å². The van der Waals surface area contributed by atoms with Crippen molar-refractivity contribution in [3.63, 3.8) is 0 Å². The van der Waals surface area contributed by atoms with E-state index < -0.39 is 24.4 Å². The van der Waals surface area contributed by atoms with Gasteiger partial charge < -0.3 is 24.7 Å². The number of H-pyrrole nitrogens is 1. The lowest BCUT2D eigenvalue weighted by molar-refractivity contribution is -0.0898. The molecule has 1 aliphatic heterocycles. The van der Waals surface area contributed by atoms with Crippen LogP contribution >= 0.6 is 0 Å². The van der Waals surface area contributed by atoms with Crippen LogP contribution in [0.2, 0.25) is 0 Å². The van der Waals surface area contributed by atoms with Crippen LogP contribution in [0.5, 0.6) is 0 Å². The van der Waals surface area contributed by atoms with E-state index in [1.807, 2.05) is 97.1 Å². The fraction of sp³-hybridized carbons (Fsp3) is 0.267. The first-order valence-corrected chi connectivity index (χ1v) is 12.5. The van der Waals surface area contributed by atoms with Gasteiger partial charge in [0.1, 0.15) is 30.5 Å². The van der Waals surface area contributed by atoms with E-state index in [2.05, 4.69) is 10.2 Å². The van der Waals surface area contributed by atoms with Crippen LogP contribution < -0.4 is 5.73 Å². The van der Waals surface area contributed by atoms with Crippen LogP contribution in [-0.2, 0) is 38.8 Å². The first-order valence-electron chi connectivity index (χ1n) is 12.5. The van der Waals surface area contributed by atoms with Gasteiger partial charge in [-0.25, -0.2) is 0 Å². The summed E-state index contributed by atoms with van der Waals surface area (Å²) >= 11 is 0. The molecule has 2 heterocycles. The molecule has 0 unspecified atom stereocenters. The topological polar surface area (TPSA) is 115 Å². The molecule has 8 heteroatoms. The van der Waals surface area contributed by atoms with Crippen molar-refractivity contribution in [2.75, 3.05) is 12.3 Å². The van der Waals surface area contributed by atoms with Gasteiger partial charge in [0.15, 0.2) is 5.69 Å². The van der Waals surface area contributed by atoms with Crippen LogP contribution in [0.3, 0.4) is 0 Å². The Balaban J connectivity index is 1.40. The van der Waals surface area contributed by atoms with Gasteiger partial charge in [-0.3, -0.25) is 5.10 Å². The van der Waals surface area contributed by atoms with Crippen molar-refractivity contribution in [2.24, 2.45) is 0 Å². The Kier molecular flexibility index (Phi) is 8.43. The Morgan fingerprint density at radius 2 is 1.32 bits per heavy atom. The van der Waals surface area contributed by atoms with Gasteiger partial charge in [0.2, 0.25) is 0 Å². The van der Waals surface area contributed by atoms with Crippen molar-refractivity contribution in [3.05, 3.63) is 119 Å². The van der Waals surface area contributed by atoms with Crippen molar-refractivity contribution in [1.29, 1.82) is 5.26 Å². The van der Waals surface area contributed by atoms with Crippen LogP contribution in [0.4, 0.5) is 5.69 Å². The predicted octanol–water partition coefficient (Wildman–Crippen LogP) is 4.69. The zero-order valence-corrected chi connectivity index (χ0v) is 20.9. The first-order chi connectivity index (χ1) is 18.7. The van der Waals surface area contributed by atoms with Gasteiger partial charge in [-0.2, -0.15) is 10.4 Å². The summed E-state index contributed by atoms with van der Waals surface area (Å²) in [7, 11) is 0. The number of nitrogens with one attached hydrogen (secondary N) is 1. The standard InChI is InChI=1S/C30H30N4O4/c31-16-24-26(32)27(34-33-24)29-30(37-19-23-14-8-3-9-15-23)28(36-18-22-12-6-2-7-13-22)25(38-29)20-35-17-21-10-4-1-5-11-21/h1-15,25,28-30H,17-20,32H2,(H,33,34)/t25-,28-,29+,30-/m1/s1. The molecule has 4 atom stereocenters. The molecule has 0 spiro atoms. The minimum atomic E-state index is -0.626. The van der Waals surface area contributed by atoms with Gasteiger partial charge in [-0.1, -0.05) is 91.0 Å². The first kappa shape index (κ1) is 25.6. The average Bonchev–Trinajstić information content (AvgIpc) is 3.51. The van der Waals surface area contributed by atoms with Crippen LogP contribution in [0, 0.1) is 11.3 Å². The molecule has 8 nitrogen and oxygen atoms in total. The number of nitrogen functional groups attached to an aromatic ring is 1. The number of aromatic nitrogens is 2. The third kappa shape index (κ3) is 6.10. The molecule has 1 aromatic heterocycles. The molecule has 5 rings (SSSR count). The van der Waals surface area contributed by atoms with Gasteiger partial charge in [0, 0.05) is 0 Å². The lowest BCUT2D eigenvalue weighted by Crippen LogP contribution is -2.38. The molecule has 3 N–H and O–H groups in total. The second-order valence-electron chi connectivity index (χ2n) is 9.13. The molecule has 0 bridgehead atoms. The van der Waals surface area contributed by atoms with Gasteiger partial charge in [-0.05, 0) is 16.7 Å². The molecule has 194 valence electrons. The molecule has 1 fully saturated rings. The summed E-state index contributed by atoms with van der Waals surface area (Å²) in [6, 6.07) is 31.8. The number of aromatic amines is 1. The summed E-state index contributed by atoms with van der Waals surface area (Å²) in [5.74, 6) is 0. The van der Waals surface area contributed by atoms with Gasteiger partial charge in [0.05, 0.1) is 37.8 Å². The summed E-state index contributed by atoms with van der Waals surface area (Å²) < 4.78 is 25.5. The maximum atomic E-state index is 9.40. The third-order valence-corrected chi connectivity index (χ3v) is 6.50. The van der Waals surface area contributed by atoms with E-state index in [9.17, 15) is 5.26 Å². The fourth-order valence-electron chi connectivity index (χ4n) is 4.54.